The summed E-state index contributed by atoms with van der Waals surface area (Å²) in [4.78, 5) is 17.2. The fraction of sp³-hybridized carbons (Fsp3) is 0.130. The van der Waals surface area contributed by atoms with Gasteiger partial charge < -0.3 is 20.1 Å². The van der Waals surface area contributed by atoms with Crippen LogP contribution in [0.1, 0.15) is 16.7 Å². The monoisotopic (exact) mass is 463 g/mol. The Morgan fingerprint density at radius 3 is 2.70 bits per heavy atom. The Bertz CT molecular complexity index is 1500. The molecule has 8 nitrogen and oxygen atoms in total. The first-order chi connectivity index (χ1) is 15.9. The molecule has 0 fully saturated rings. The van der Waals surface area contributed by atoms with E-state index in [-0.39, 0.29) is 40.7 Å². The van der Waals surface area contributed by atoms with Gasteiger partial charge in [0.25, 0.3) is 0 Å². The van der Waals surface area contributed by atoms with Crippen LogP contribution in [0.3, 0.4) is 0 Å². The molecule has 166 valence electrons. The minimum Gasteiger partial charge on any atom is -0.505 e. The third kappa shape index (κ3) is 3.85. The van der Waals surface area contributed by atoms with Crippen LogP contribution < -0.4 is 5.32 Å². The van der Waals surface area contributed by atoms with Gasteiger partial charge in [-0.05, 0) is 41.3 Å². The number of phenols is 1. The second-order valence-corrected chi connectivity index (χ2v) is 8.52. The van der Waals surface area contributed by atoms with E-state index in [9.17, 15) is 19.4 Å². The van der Waals surface area contributed by atoms with Gasteiger partial charge in [0, 0.05) is 30.2 Å². The van der Waals surface area contributed by atoms with Crippen LogP contribution in [-0.2, 0) is 24.7 Å². The molecule has 0 unspecified atom stereocenters. The molecule has 1 amide bonds. The normalized spacial score (nSPS) is 11.3. The molecule has 2 aromatic carbocycles. The van der Waals surface area contributed by atoms with Gasteiger partial charge in [-0.3, -0.25) is 9.78 Å². The fourth-order valence-corrected chi connectivity index (χ4v) is 4.41. The van der Waals surface area contributed by atoms with Crippen molar-refractivity contribution in [2.45, 2.75) is 12.8 Å². The Kier molecular flexibility index (Phi) is 5.14. The number of rotatable bonds is 5. The second-order valence-electron chi connectivity index (χ2n) is 7.69. The Hall–Kier alpha value is -4.05. The first-order valence-corrected chi connectivity index (χ1v) is 10.9. The van der Waals surface area contributed by atoms with Gasteiger partial charge >= 0.3 is 0 Å². The van der Waals surface area contributed by atoms with Gasteiger partial charge in [0.2, 0.25) is 16.9 Å². The van der Waals surface area contributed by atoms with Crippen LogP contribution in [0.4, 0.5) is 9.52 Å². The lowest BCUT2D eigenvalue weighted by Gasteiger charge is -2.12. The molecular formula is C23H18FN5O3S. The number of nitrogens with zero attached hydrogens (tertiary/aromatic N) is 4. The van der Waals surface area contributed by atoms with Crippen LogP contribution in [0.15, 0.2) is 48.2 Å². The number of halogens is 1. The number of anilines is 1. The van der Waals surface area contributed by atoms with Crippen LogP contribution in [0, 0.1) is 5.82 Å². The number of nitrogens with one attached hydrogen (secondary N) is 1. The molecule has 3 aromatic heterocycles. The quantitative estimate of drug-likeness (QED) is 0.364. The third-order valence-electron chi connectivity index (χ3n) is 5.47. The van der Waals surface area contributed by atoms with Crippen molar-refractivity contribution in [2.24, 2.45) is 7.05 Å². The average molecular weight is 463 g/mol. The van der Waals surface area contributed by atoms with Crippen LogP contribution >= 0.6 is 11.3 Å². The lowest BCUT2D eigenvalue weighted by atomic mass is 9.96. The molecule has 0 atom stereocenters. The predicted molar refractivity (Wildman–Crippen MR) is 123 cm³/mol. The molecule has 0 aliphatic rings. The largest absolute Gasteiger partial charge is 0.505 e. The molecule has 0 saturated heterocycles. The summed E-state index contributed by atoms with van der Waals surface area (Å²) in [5, 5.41) is 33.4. The van der Waals surface area contributed by atoms with Gasteiger partial charge in [-0.25, -0.2) is 4.39 Å². The SMILES string of the molecule is Cn1cc2c(CC(=O)Nc3nncs3)c3cc(Cc4ccc(F)cc4)cnc3c(O)c2c1O. The van der Waals surface area contributed by atoms with Crippen molar-refractivity contribution >= 4 is 44.1 Å². The molecule has 0 bridgehead atoms. The van der Waals surface area contributed by atoms with E-state index in [1.807, 2.05) is 6.07 Å². The molecule has 0 aliphatic heterocycles. The Morgan fingerprint density at radius 1 is 1.18 bits per heavy atom. The Morgan fingerprint density at radius 2 is 1.97 bits per heavy atom. The van der Waals surface area contributed by atoms with Crippen molar-refractivity contribution in [3.63, 3.8) is 0 Å². The highest BCUT2D eigenvalue weighted by Crippen LogP contribution is 2.42. The number of hydrogen-bond acceptors (Lipinski definition) is 7. The van der Waals surface area contributed by atoms with Crippen LogP contribution in [0.2, 0.25) is 0 Å². The number of carbonyl (C=O) groups is 1. The number of amides is 1. The van der Waals surface area contributed by atoms with E-state index >= 15 is 0 Å². The lowest BCUT2D eigenvalue weighted by Crippen LogP contribution is -2.15. The van der Waals surface area contributed by atoms with Crippen molar-refractivity contribution in [1.82, 2.24) is 19.7 Å². The van der Waals surface area contributed by atoms with Gasteiger partial charge in [-0.1, -0.05) is 23.5 Å². The average Bonchev–Trinajstić information content (AvgIpc) is 3.40. The molecule has 0 spiro atoms. The fourth-order valence-electron chi connectivity index (χ4n) is 3.95. The number of carbonyl (C=O) groups excluding carboxylic acids is 1. The maximum Gasteiger partial charge on any atom is 0.230 e. The van der Waals surface area contributed by atoms with Gasteiger partial charge in [0.1, 0.15) is 16.8 Å². The highest BCUT2D eigenvalue weighted by Gasteiger charge is 2.22. The molecule has 5 rings (SSSR count). The first-order valence-electron chi connectivity index (χ1n) is 10.0. The smallest absolute Gasteiger partial charge is 0.230 e. The summed E-state index contributed by atoms with van der Waals surface area (Å²) in [5.41, 5.74) is 4.15. The summed E-state index contributed by atoms with van der Waals surface area (Å²) in [6.45, 7) is 0. The van der Waals surface area contributed by atoms with Crippen molar-refractivity contribution in [1.29, 1.82) is 0 Å². The highest BCUT2D eigenvalue weighted by atomic mass is 32.1. The van der Waals surface area contributed by atoms with Crippen LogP contribution in [-0.4, -0.2) is 35.9 Å². The maximum absolute atomic E-state index is 13.3. The number of aromatic nitrogens is 4. The molecule has 33 heavy (non-hydrogen) atoms. The lowest BCUT2D eigenvalue weighted by molar-refractivity contribution is -0.115. The van der Waals surface area contributed by atoms with Gasteiger partial charge in [0.05, 0.1) is 11.8 Å². The molecule has 0 aliphatic carbocycles. The summed E-state index contributed by atoms with van der Waals surface area (Å²) in [6, 6.07) is 8.06. The van der Waals surface area contributed by atoms with Gasteiger partial charge in [-0.15, -0.1) is 10.2 Å². The summed E-state index contributed by atoms with van der Waals surface area (Å²) >= 11 is 1.21. The molecular weight excluding hydrogens is 445 g/mol. The van der Waals surface area contributed by atoms with E-state index in [1.165, 1.54) is 33.5 Å². The number of pyridine rings is 1. The number of benzene rings is 2. The zero-order valence-corrected chi connectivity index (χ0v) is 18.2. The second kappa shape index (κ2) is 8.14. The summed E-state index contributed by atoms with van der Waals surface area (Å²) in [6.07, 6.45) is 3.77. The molecule has 5 aromatic rings. The van der Waals surface area contributed by atoms with Crippen molar-refractivity contribution in [2.75, 3.05) is 5.32 Å². The third-order valence-corrected chi connectivity index (χ3v) is 6.08. The van der Waals surface area contributed by atoms with E-state index in [4.69, 9.17) is 0 Å². The van der Waals surface area contributed by atoms with E-state index in [1.54, 1.807) is 31.6 Å². The van der Waals surface area contributed by atoms with Crippen molar-refractivity contribution in [3.8, 4) is 11.6 Å². The summed E-state index contributed by atoms with van der Waals surface area (Å²) < 4.78 is 14.7. The number of fused-ring (bicyclic) bond motifs is 2. The van der Waals surface area contributed by atoms with Crippen LogP contribution in [0.25, 0.3) is 21.7 Å². The first kappa shape index (κ1) is 20.8. The van der Waals surface area contributed by atoms with E-state index in [0.29, 0.717) is 27.9 Å². The molecule has 0 saturated carbocycles. The van der Waals surface area contributed by atoms with Crippen molar-refractivity contribution in [3.05, 3.63) is 70.7 Å². The number of phenolic OH excluding ortho intramolecular Hbond substituents is 1. The Balaban J connectivity index is 1.64. The molecule has 10 heteroatoms. The standard InChI is InChI=1S/C23H18FN5O3S/c1-29-10-17-15(8-18(30)27-23-28-26-11-33-23)16-7-13(6-12-2-4-14(24)5-3-12)9-25-20(16)21(31)19(17)22(29)32/h2-5,7,9-11,31-32H,6,8H2,1H3,(H,27,28,30). The maximum atomic E-state index is 13.3. The molecule has 0 radical (unpaired) electrons. The van der Waals surface area contributed by atoms with Gasteiger partial charge in [0.15, 0.2) is 5.75 Å². The summed E-state index contributed by atoms with van der Waals surface area (Å²) in [7, 11) is 1.65. The van der Waals surface area contributed by atoms with E-state index < -0.39 is 0 Å². The topological polar surface area (TPSA) is 113 Å². The van der Waals surface area contributed by atoms with Gasteiger partial charge in [-0.2, -0.15) is 0 Å². The molecule has 3 heterocycles. The minimum atomic E-state index is -0.313. The van der Waals surface area contributed by atoms with E-state index in [2.05, 4.69) is 20.5 Å². The van der Waals surface area contributed by atoms with E-state index in [0.717, 1.165) is 11.1 Å². The molecule has 3 N–H and O–H groups in total. The number of aryl methyl sites for hydroxylation is 1. The zero-order chi connectivity index (χ0) is 23.1. The summed E-state index contributed by atoms with van der Waals surface area (Å²) in [5.74, 6) is -0.894. The highest BCUT2D eigenvalue weighted by molar-refractivity contribution is 7.13. The van der Waals surface area contributed by atoms with Crippen molar-refractivity contribution < 1.29 is 19.4 Å². The predicted octanol–water partition coefficient (Wildman–Crippen LogP) is 3.90. The number of hydrogen-bond donors (Lipinski definition) is 3. The minimum absolute atomic E-state index is 0.0298. The van der Waals surface area contributed by atoms with Crippen LogP contribution in [0.5, 0.6) is 11.6 Å². The Labute approximate surface area is 191 Å². The number of aromatic hydroxyl groups is 2. The zero-order valence-electron chi connectivity index (χ0n) is 17.4.